The van der Waals surface area contributed by atoms with E-state index in [0.717, 1.165) is 37.3 Å². The van der Waals surface area contributed by atoms with Gasteiger partial charge in [0.15, 0.2) is 0 Å². The van der Waals surface area contributed by atoms with Crippen LogP contribution in [0.25, 0.3) is 10.9 Å². The molecule has 5 heteroatoms. The van der Waals surface area contributed by atoms with Crippen molar-refractivity contribution in [3.05, 3.63) is 142 Å². The van der Waals surface area contributed by atoms with Gasteiger partial charge < -0.3 is 14.6 Å². The Balaban J connectivity index is 1.58. The molecule has 1 heterocycles. The first-order chi connectivity index (χ1) is 19.6. The molecule has 0 saturated heterocycles. The van der Waals surface area contributed by atoms with Crippen molar-refractivity contribution in [2.24, 2.45) is 0 Å². The van der Waals surface area contributed by atoms with Crippen LogP contribution < -0.4 is 5.32 Å². The van der Waals surface area contributed by atoms with Crippen LogP contribution in [-0.2, 0) is 24.0 Å². The van der Waals surface area contributed by atoms with Gasteiger partial charge in [-0.05, 0) is 78.9 Å². The Morgan fingerprint density at radius 2 is 1.50 bits per heavy atom. The molecule has 40 heavy (non-hydrogen) atoms. The minimum absolute atomic E-state index is 0.0394. The molecule has 0 aliphatic rings. The number of methoxy groups -OCH3 is 1. The molecule has 0 atom stereocenters. The van der Waals surface area contributed by atoms with Crippen molar-refractivity contribution < 1.29 is 9.53 Å². The quantitative estimate of drug-likeness (QED) is 0.172. The Kier molecular flexibility index (Phi) is 9.00. The first-order valence-corrected chi connectivity index (χ1v) is 14.2. The lowest BCUT2D eigenvalue weighted by molar-refractivity contribution is 0.0600. The summed E-state index contributed by atoms with van der Waals surface area (Å²) in [6.45, 7) is 0.877. The summed E-state index contributed by atoms with van der Waals surface area (Å²) in [7, 11) is 3.41. The van der Waals surface area contributed by atoms with Gasteiger partial charge in [-0.25, -0.2) is 4.79 Å². The van der Waals surface area contributed by atoms with E-state index in [2.05, 4.69) is 82.7 Å². The molecule has 4 nitrogen and oxygen atoms in total. The van der Waals surface area contributed by atoms with Gasteiger partial charge in [0.05, 0.1) is 18.7 Å². The fourth-order valence-electron chi connectivity index (χ4n) is 5.65. The van der Waals surface area contributed by atoms with E-state index in [0.29, 0.717) is 5.56 Å². The zero-order valence-corrected chi connectivity index (χ0v) is 23.8. The Bertz CT molecular complexity index is 1520. The molecule has 0 unspecified atom stereocenters. The van der Waals surface area contributed by atoms with Crippen LogP contribution in [0.15, 0.2) is 103 Å². The molecular formula is C35H35ClN2O2. The van der Waals surface area contributed by atoms with Crippen LogP contribution in [0.4, 0.5) is 0 Å². The summed E-state index contributed by atoms with van der Waals surface area (Å²) < 4.78 is 7.38. The maximum Gasteiger partial charge on any atom is 0.337 e. The van der Waals surface area contributed by atoms with Gasteiger partial charge in [0.25, 0.3) is 0 Å². The van der Waals surface area contributed by atoms with E-state index < -0.39 is 0 Å². The molecule has 0 aliphatic heterocycles. The Hall–Kier alpha value is -3.86. The molecule has 0 saturated carbocycles. The third-order valence-electron chi connectivity index (χ3n) is 7.55. The van der Waals surface area contributed by atoms with Gasteiger partial charge in [-0.15, -0.1) is 0 Å². The number of rotatable bonds is 11. The molecule has 204 valence electrons. The highest BCUT2D eigenvalue weighted by Crippen LogP contribution is 2.38. The number of likely N-dealkylation sites (N-methyl/N-ethyl adjacent to an activating group) is 1. The van der Waals surface area contributed by atoms with Crippen LogP contribution in [0.2, 0.25) is 5.02 Å². The molecule has 0 radical (unpaired) electrons. The minimum Gasteiger partial charge on any atom is -0.465 e. The van der Waals surface area contributed by atoms with Crippen molar-refractivity contribution >= 4 is 28.5 Å². The number of fused-ring (bicyclic) bond motifs is 1. The third kappa shape index (κ3) is 5.99. The van der Waals surface area contributed by atoms with Crippen LogP contribution >= 0.6 is 11.6 Å². The largest absolute Gasteiger partial charge is 0.465 e. The normalized spacial score (nSPS) is 11.3. The second kappa shape index (κ2) is 13.0. The van der Waals surface area contributed by atoms with Gasteiger partial charge in [0, 0.05) is 34.6 Å². The minimum atomic E-state index is -0.309. The maximum absolute atomic E-state index is 11.8. The number of aryl methyl sites for hydroxylation is 2. The average Bonchev–Trinajstić information content (AvgIpc) is 3.29. The summed E-state index contributed by atoms with van der Waals surface area (Å²) in [5.74, 6) is -0.309. The van der Waals surface area contributed by atoms with E-state index in [1.54, 1.807) is 0 Å². The summed E-state index contributed by atoms with van der Waals surface area (Å²) in [5, 5.41) is 5.34. The highest BCUT2D eigenvalue weighted by molar-refractivity contribution is 6.31. The van der Waals surface area contributed by atoms with E-state index in [1.807, 2.05) is 37.4 Å². The number of nitrogens with zero attached hydrogens (tertiary/aromatic N) is 1. The monoisotopic (exact) mass is 550 g/mol. The number of hydrogen-bond donors (Lipinski definition) is 1. The van der Waals surface area contributed by atoms with Crippen LogP contribution in [0.1, 0.15) is 50.8 Å². The van der Waals surface area contributed by atoms with Gasteiger partial charge >= 0.3 is 5.97 Å². The predicted octanol–water partition coefficient (Wildman–Crippen LogP) is 7.66. The average molecular weight is 551 g/mol. The molecule has 5 rings (SSSR count). The summed E-state index contributed by atoms with van der Waals surface area (Å²) in [6.07, 6.45) is 3.73. The van der Waals surface area contributed by atoms with Crippen LogP contribution in [0.5, 0.6) is 0 Å². The molecule has 0 fully saturated rings. The number of carbonyl (C=O) groups excluding carboxylic acids is 1. The van der Waals surface area contributed by atoms with E-state index >= 15 is 0 Å². The van der Waals surface area contributed by atoms with Crippen molar-refractivity contribution in [2.45, 2.75) is 31.7 Å². The Labute approximate surface area is 241 Å². The number of benzene rings is 4. The van der Waals surface area contributed by atoms with Crippen molar-refractivity contribution in [1.29, 1.82) is 0 Å². The van der Waals surface area contributed by atoms with Gasteiger partial charge in [0.1, 0.15) is 0 Å². The molecule has 0 aliphatic carbocycles. The fourth-order valence-corrected chi connectivity index (χ4v) is 5.82. The molecular weight excluding hydrogens is 516 g/mol. The highest BCUT2D eigenvalue weighted by atomic mass is 35.5. The first kappa shape index (κ1) is 27.7. The van der Waals surface area contributed by atoms with Crippen molar-refractivity contribution in [2.75, 3.05) is 20.7 Å². The van der Waals surface area contributed by atoms with Crippen LogP contribution in [0, 0.1) is 0 Å². The summed E-state index contributed by atoms with van der Waals surface area (Å²) >= 11 is 6.59. The van der Waals surface area contributed by atoms with E-state index in [9.17, 15) is 4.79 Å². The lowest BCUT2D eigenvalue weighted by atomic mass is 9.97. The number of esters is 1. The van der Waals surface area contributed by atoms with E-state index in [1.165, 1.54) is 46.0 Å². The van der Waals surface area contributed by atoms with Crippen LogP contribution in [-0.4, -0.2) is 31.2 Å². The zero-order chi connectivity index (χ0) is 27.9. The lowest BCUT2D eigenvalue weighted by Crippen LogP contribution is -2.19. The summed E-state index contributed by atoms with van der Waals surface area (Å²) in [5.41, 5.74) is 8.18. The Morgan fingerprint density at radius 3 is 2.10 bits per heavy atom. The molecule has 1 aromatic heterocycles. The van der Waals surface area contributed by atoms with Gasteiger partial charge in [-0.2, -0.15) is 0 Å². The number of hydrogen-bond acceptors (Lipinski definition) is 3. The number of nitrogens with one attached hydrogen (secondary N) is 1. The highest BCUT2D eigenvalue weighted by Gasteiger charge is 2.25. The summed E-state index contributed by atoms with van der Waals surface area (Å²) in [4.78, 5) is 11.8. The second-order valence-corrected chi connectivity index (χ2v) is 10.5. The maximum atomic E-state index is 11.8. The molecule has 4 aromatic carbocycles. The number of aromatic nitrogens is 1. The standard InChI is InChI=1S/C35H35ClN2O2/c1-37-23-22-33-30(15-9-10-25-16-18-28(19-17-25)35(39)40-2)31-24-29(36)20-21-32(31)38(33)34(26-11-5-3-6-12-26)27-13-7-4-8-14-27/h3-8,11-14,16-21,24,34,37H,9-10,15,22-23H2,1-2H3. The topological polar surface area (TPSA) is 43.3 Å². The third-order valence-corrected chi connectivity index (χ3v) is 7.79. The molecule has 1 N–H and O–H groups in total. The van der Waals surface area contributed by atoms with E-state index in [4.69, 9.17) is 16.3 Å². The van der Waals surface area contributed by atoms with Gasteiger partial charge in [-0.3, -0.25) is 0 Å². The SMILES string of the molecule is CNCCc1c(CCCc2ccc(C(=O)OC)cc2)c2cc(Cl)ccc2n1C(c1ccccc1)c1ccccc1. The van der Waals surface area contributed by atoms with Gasteiger partial charge in [0.2, 0.25) is 0 Å². The van der Waals surface area contributed by atoms with Crippen molar-refractivity contribution in [3.63, 3.8) is 0 Å². The number of ether oxygens (including phenoxy) is 1. The summed E-state index contributed by atoms with van der Waals surface area (Å²) in [6, 6.07) is 35.6. The fraction of sp³-hybridized carbons (Fsp3) is 0.229. The number of halogens is 1. The molecule has 0 bridgehead atoms. The van der Waals surface area contributed by atoms with Crippen molar-refractivity contribution in [1.82, 2.24) is 9.88 Å². The van der Waals surface area contributed by atoms with Crippen LogP contribution in [0.3, 0.4) is 0 Å². The molecule has 0 spiro atoms. The zero-order valence-electron chi connectivity index (χ0n) is 23.1. The smallest absolute Gasteiger partial charge is 0.337 e. The van der Waals surface area contributed by atoms with Gasteiger partial charge in [-0.1, -0.05) is 84.4 Å². The lowest BCUT2D eigenvalue weighted by Gasteiger charge is -2.25. The molecule has 0 amide bonds. The second-order valence-electron chi connectivity index (χ2n) is 10.1. The number of carbonyl (C=O) groups is 1. The predicted molar refractivity (Wildman–Crippen MR) is 165 cm³/mol. The molecule has 5 aromatic rings. The first-order valence-electron chi connectivity index (χ1n) is 13.8. The van der Waals surface area contributed by atoms with Crippen molar-refractivity contribution in [3.8, 4) is 0 Å². The Morgan fingerprint density at radius 1 is 0.850 bits per heavy atom. The van der Waals surface area contributed by atoms with E-state index in [-0.39, 0.29) is 12.0 Å².